The van der Waals surface area contributed by atoms with E-state index in [1.807, 2.05) is 0 Å². The number of alkyl halides is 3. The summed E-state index contributed by atoms with van der Waals surface area (Å²) in [6.07, 6.45) is -6.01. The molecule has 1 aromatic carbocycles. The Hall–Kier alpha value is -1.89. The third-order valence-corrected chi connectivity index (χ3v) is 2.61. The average Bonchev–Trinajstić information content (AvgIpc) is 2.29. The number of hydrogen-bond donors (Lipinski definition) is 1. The Kier molecular flexibility index (Phi) is 4.31. The van der Waals surface area contributed by atoms with Gasteiger partial charge in [0.2, 0.25) is 0 Å². The maximum Gasteiger partial charge on any atom is 0.435 e. The SMILES string of the molecule is CO[C@@](C(=O)O)(C(=O)Cc1ccccc1)C(F)(F)F. The van der Waals surface area contributed by atoms with Crippen LogP contribution in [-0.2, 0) is 20.7 Å². The molecule has 1 atom stereocenters. The van der Waals surface area contributed by atoms with Crippen LogP contribution in [0.15, 0.2) is 30.3 Å². The number of carboxylic acids is 1. The Labute approximate surface area is 106 Å². The predicted octanol–water partition coefficient (Wildman–Crippen LogP) is 1.83. The van der Waals surface area contributed by atoms with Crippen LogP contribution in [0.2, 0.25) is 0 Å². The molecule has 0 spiro atoms. The molecule has 0 saturated heterocycles. The first-order valence-corrected chi connectivity index (χ1v) is 5.18. The number of methoxy groups -OCH3 is 1. The molecule has 19 heavy (non-hydrogen) atoms. The number of carboxylic acid groups (broad SMARTS) is 1. The number of benzene rings is 1. The van der Waals surface area contributed by atoms with Crippen LogP contribution in [0, 0.1) is 0 Å². The number of rotatable bonds is 5. The molecule has 0 amide bonds. The highest BCUT2D eigenvalue weighted by molar-refractivity contribution is 6.08. The van der Waals surface area contributed by atoms with E-state index in [0.717, 1.165) is 0 Å². The summed E-state index contributed by atoms with van der Waals surface area (Å²) in [5.74, 6) is -3.94. The maximum absolute atomic E-state index is 12.9. The average molecular weight is 276 g/mol. The van der Waals surface area contributed by atoms with Gasteiger partial charge in [-0.15, -0.1) is 0 Å². The third-order valence-electron chi connectivity index (χ3n) is 2.61. The van der Waals surface area contributed by atoms with Gasteiger partial charge in [0.15, 0.2) is 5.78 Å². The lowest BCUT2D eigenvalue weighted by atomic mass is 9.92. The van der Waals surface area contributed by atoms with E-state index in [9.17, 15) is 22.8 Å². The minimum Gasteiger partial charge on any atom is -0.478 e. The zero-order valence-corrected chi connectivity index (χ0v) is 9.90. The fourth-order valence-electron chi connectivity index (χ4n) is 1.62. The number of carbonyl (C=O) groups is 2. The number of carbonyl (C=O) groups excluding carboxylic acids is 1. The van der Waals surface area contributed by atoms with E-state index in [1.165, 1.54) is 24.3 Å². The molecule has 1 N–H and O–H groups in total. The number of Topliss-reactive ketones (excluding diaryl/α,β-unsaturated/α-hetero) is 1. The van der Waals surface area contributed by atoms with Crippen molar-refractivity contribution in [1.29, 1.82) is 0 Å². The normalized spacial score (nSPS) is 14.7. The fraction of sp³-hybridized carbons (Fsp3) is 0.333. The molecule has 1 aromatic rings. The van der Waals surface area contributed by atoms with Gasteiger partial charge in [-0.3, -0.25) is 4.79 Å². The number of ketones is 1. The van der Waals surface area contributed by atoms with Gasteiger partial charge in [0.1, 0.15) is 0 Å². The first-order chi connectivity index (χ1) is 8.75. The Bertz CT molecular complexity index is 470. The van der Waals surface area contributed by atoms with Crippen molar-refractivity contribution in [2.45, 2.75) is 18.2 Å². The summed E-state index contributed by atoms with van der Waals surface area (Å²) in [5.41, 5.74) is -3.55. The molecular formula is C12H11F3O4. The standard InChI is InChI=1S/C12H11F3O4/c1-19-11(10(17)18,12(13,14)15)9(16)7-8-5-3-2-4-6-8/h2-6H,7H2,1H3,(H,17,18)/t11-/m1/s1. The number of ether oxygens (including phenoxy) is 1. The lowest BCUT2D eigenvalue weighted by Crippen LogP contribution is -2.60. The van der Waals surface area contributed by atoms with Crippen molar-refractivity contribution in [2.75, 3.05) is 7.11 Å². The highest BCUT2D eigenvalue weighted by Gasteiger charge is 2.66. The van der Waals surface area contributed by atoms with E-state index in [2.05, 4.69) is 4.74 Å². The van der Waals surface area contributed by atoms with E-state index < -0.39 is 30.0 Å². The van der Waals surface area contributed by atoms with Gasteiger partial charge in [-0.05, 0) is 5.56 Å². The second kappa shape index (κ2) is 5.40. The summed E-state index contributed by atoms with van der Waals surface area (Å²) >= 11 is 0. The zero-order chi connectivity index (χ0) is 14.7. The van der Waals surface area contributed by atoms with Gasteiger partial charge in [-0.2, -0.15) is 13.2 Å². The molecule has 0 aromatic heterocycles. The maximum atomic E-state index is 12.9. The van der Waals surface area contributed by atoms with Gasteiger partial charge in [0.05, 0.1) is 0 Å². The molecule has 0 fully saturated rings. The Balaban J connectivity index is 3.13. The summed E-state index contributed by atoms with van der Waals surface area (Å²) in [6, 6.07) is 7.54. The minimum absolute atomic E-state index is 0.277. The smallest absolute Gasteiger partial charge is 0.435 e. The van der Waals surface area contributed by atoms with Crippen molar-refractivity contribution in [3.63, 3.8) is 0 Å². The van der Waals surface area contributed by atoms with Crippen molar-refractivity contribution in [3.8, 4) is 0 Å². The number of halogens is 3. The van der Waals surface area contributed by atoms with Crippen LogP contribution in [-0.4, -0.2) is 35.7 Å². The largest absolute Gasteiger partial charge is 0.478 e. The van der Waals surface area contributed by atoms with Crippen LogP contribution in [0.3, 0.4) is 0 Å². The second-order valence-electron chi connectivity index (χ2n) is 3.77. The quantitative estimate of drug-likeness (QED) is 0.833. The van der Waals surface area contributed by atoms with Crippen molar-refractivity contribution in [2.24, 2.45) is 0 Å². The molecule has 4 nitrogen and oxygen atoms in total. The molecule has 0 saturated carbocycles. The van der Waals surface area contributed by atoms with Gasteiger partial charge >= 0.3 is 17.7 Å². The molecule has 0 bridgehead atoms. The molecule has 0 heterocycles. The van der Waals surface area contributed by atoms with Crippen LogP contribution in [0.1, 0.15) is 5.56 Å². The summed E-state index contributed by atoms with van der Waals surface area (Å²) < 4.78 is 42.6. The summed E-state index contributed by atoms with van der Waals surface area (Å²) in [5, 5.41) is 8.74. The first-order valence-electron chi connectivity index (χ1n) is 5.18. The van der Waals surface area contributed by atoms with E-state index in [4.69, 9.17) is 5.11 Å². The molecule has 7 heteroatoms. The molecule has 0 unspecified atom stereocenters. The Morgan fingerprint density at radius 1 is 1.21 bits per heavy atom. The molecule has 0 aliphatic heterocycles. The van der Waals surface area contributed by atoms with E-state index in [1.54, 1.807) is 6.07 Å². The van der Waals surface area contributed by atoms with Crippen LogP contribution in [0.25, 0.3) is 0 Å². The molecule has 1 rings (SSSR count). The van der Waals surface area contributed by atoms with Crippen molar-refractivity contribution in [1.82, 2.24) is 0 Å². The first kappa shape index (κ1) is 15.2. The Morgan fingerprint density at radius 3 is 2.11 bits per heavy atom. The molecular weight excluding hydrogens is 265 g/mol. The molecule has 0 radical (unpaired) electrons. The van der Waals surface area contributed by atoms with Crippen LogP contribution < -0.4 is 0 Å². The monoisotopic (exact) mass is 276 g/mol. The van der Waals surface area contributed by atoms with Crippen molar-refractivity contribution < 1.29 is 32.6 Å². The van der Waals surface area contributed by atoms with Crippen LogP contribution >= 0.6 is 0 Å². The third kappa shape index (κ3) is 2.76. The minimum atomic E-state index is -5.33. The lowest BCUT2D eigenvalue weighted by Gasteiger charge is -2.28. The van der Waals surface area contributed by atoms with Crippen LogP contribution in [0.5, 0.6) is 0 Å². The number of hydrogen-bond acceptors (Lipinski definition) is 3. The molecule has 0 aliphatic rings. The summed E-state index contributed by atoms with van der Waals surface area (Å²) in [6.45, 7) is 0. The number of aliphatic carboxylic acids is 1. The van der Waals surface area contributed by atoms with E-state index in [0.29, 0.717) is 7.11 Å². The van der Waals surface area contributed by atoms with Crippen LogP contribution in [0.4, 0.5) is 13.2 Å². The van der Waals surface area contributed by atoms with Gasteiger partial charge in [-0.25, -0.2) is 4.79 Å². The molecule has 104 valence electrons. The lowest BCUT2D eigenvalue weighted by molar-refractivity contribution is -0.258. The fourth-order valence-corrected chi connectivity index (χ4v) is 1.62. The van der Waals surface area contributed by atoms with Gasteiger partial charge in [0, 0.05) is 13.5 Å². The summed E-state index contributed by atoms with van der Waals surface area (Å²) in [4.78, 5) is 22.6. The predicted molar refractivity (Wildman–Crippen MR) is 58.6 cm³/mol. The van der Waals surface area contributed by atoms with Gasteiger partial charge in [-0.1, -0.05) is 30.3 Å². The zero-order valence-electron chi connectivity index (χ0n) is 9.90. The second-order valence-corrected chi connectivity index (χ2v) is 3.77. The Morgan fingerprint density at radius 2 is 1.74 bits per heavy atom. The van der Waals surface area contributed by atoms with E-state index >= 15 is 0 Å². The highest BCUT2D eigenvalue weighted by atomic mass is 19.4. The topological polar surface area (TPSA) is 63.6 Å². The summed E-state index contributed by atoms with van der Waals surface area (Å²) in [7, 11) is 0.546. The van der Waals surface area contributed by atoms with Gasteiger partial charge in [0.25, 0.3) is 0 Å². The molecule has 0 aliphatic carbocycles. The van der Waals surface area contributed by atoms with Gasteiger partial charge < -0.3 is 9.84 Å². The van der Waals surface area contributed by atoms with E-state index in [-0.39, 0.29) is 5.56 Å². The highest BCUT2D eigenvalue weighted by Crippen LogP contribution is 2.35. The van der Waals surface area contributed by atoms with Crippen molar-refractivity contribution in [3.05, 3.63) is 35.9 Å². The van der Waals surface area contributed by atoms with Crippen molar-refractivity contribution >= 4 is 11.8 Å².